The average molecular weight is 256 g/mol. The molecule has 0 spiro atoms. The fourth-order valence-electron chi connectivity index (χ4n) is 1.63. The molecule has 0 aliphatic carbocycles. The predicted octanol–water partition coefficient (Wildman–Crippen LogP) is 1.20. The summed E-state index contributed by atoms with van der Waals surface area (Å²) in [7, 11) is -7.47. The summed E-state index contributed by atoms with van der Waals surface area (Å²) in [5.41, 5.74) is -0.0444. The van der Waals surface area contributed by atoms with Gasteiger partial charge in [-0.3, -0.25) is 0 Å². The van der Waals surface area contributed by atoms with Crippen LogP contribution in [0.15, 0.2) is 32.7 Å². The molecular formula is C10H6O4S2. The van der Waals surface area contributed by atoms with E-state index in [4.69, 9.17) is 2.74 Å². The van der Waals surface area contributed by atoms with E-state index in [-0.39, 0.29) is 33.0 Å². The van der Waals surface area contributed by atoms with Gasteiger partial charge in [-0.25, -0.2) is 16.8 Å². The molecule has 0 fully saturated rings. The first-order chi connectivity index (χ1) is 8.26. The fraction of sp³-hybridized carbons (Fsp3) is 0. The number of fused-ring (bicyclic) bond motifs is 2. The molecule has 2 aliphatic heterocycles. The molecule has 0 saturated carbocycles. The average Bonchev–Trinajstić information content (AvgIpc) is 2.73. The summed E-state index contributed by atoms with van der Waals surface area (Å²) in [5.74, 6) is 0. The molecule has 1 aromatic carbocycles. The first-order valence-corrected chi connectivity index (χ1v) is 7.38. The summed E-state index contributed by atoms with van der Waals surface area (Å²) < 4.78 is 62.5. The molecule has 1 aromatic rings. The lowest BCUT2D eigenvalue weighted by Gasteiger charge is -2.03. The monoisotopic (exact) mass is 256 g/mol. The van der Waals surface area contributed by atoms with Crippen molar-refractivity contribution in [2.45, 2.75) is 9.79 Å². The van der Waals surface area contributed by atoms with Gasteiger partial charge in [0.15, 0.2) is 19.7 Å². The lowest BCUT2D eigenvalue weighted by Crippen LogP contribution is -1.98. The van der Waals surface area contributed by atoms with Crippen molar-refractivity contribution in [2.75, 3.05) is 0 Å². The highest BCUT2D eigenvalue weighted by atomic mass is 32.2. The van der Waals surface area contributed by atoms with Gasteiger partial charge < -0.3 is 0 Å². The molecule has 0 radical (unpaired) electrons. The van der Waals surface area contributed by atoms with Gasteiger partial charge in [0.2, 0.25) is 0 Å². The number of sulfone groups is 2. The van der Waals surface area contributed by atoms with Crippen LogP contribution in [0.25, 0.3) is 12.2 Å². The van der Waals surface area contributed by atoms with Crippen molar-refractivity contribution in [3.8, 4) is 0 Å². The highest BCUT2D eigenvalue weighted by Crippen LogP contribution is 2.35. The van der Waals surface area contributed by atoms with Crippen LogP contribution in [0.5, 0.6) is 0 Å². The number of hydrogen-bond donors (Lipinski definition) is 0. The van der Waals surface area contributed by atoms with Gasteiger partial charge in [0.25, 0.3) is 0 Å². The zero-order valence-corrected chi connectivity index (χ0v) is 9.39. The van der Waals surface area contributed by atoms with Crippen molar-refractivity contribution in [1.29, 1.82) is 0 Å². The van der Waals surface area contributed by atoms with Crippen LogP contribution in [0.4, 0.5) is 0 Å². The van der Waals surface area contributed by atoms with Crippen molar-refractivity contribution in [3.63, 3.8) is 0 Å². The Morgan fingerprint density at radius 1 is 0.812 bits per heavy atom. The van der Waals surface area contributed by atoms with Crippen LogP contribution in [0.2, 0.25) is 0 Å². The third kappa shape index (κ3) is 1.14. The zero-order chi connectivity index (χ0) is 13.3. The molecular weight excluding hydrogens is 248 g/mol. The molecule has 16 heavy (non-hydrogen) atoms. The molecule has 0 N–H and O–H groups in total. The van der Waals surface area contributed by atoms with Gasteiger partial charge in [0, 0.05) is 10.8 Å². The van der Waals surface area contributed by atoms with E-state index < -0.39 is 19.7 Å². The van der Waals surface area contributed by atoms with E-state index in [1.54, 1.807) is 0 Å². The molecule has 0 atom stereocenters. The minimum Gasteiger partial charge on any atom is -0.219 e. The molecule has 4 nitrogen and oxygen atoms in total. The molecule has 82 valence electrons. The Morgan fingerprint density at radius 3 is 1.56 bits per heavy atom. The second kappa shape index (κ2) is 2.64. The largest absolute Gasteiger partial charge is 0.219 e. The van der Waals surface area contributed by atoms with E-state index in [9.17, 15) is 16.8 Å². The summed E-state index contributed by atoms with van der Waals surface area (Å²) in [6, 6.07) is -0.725. The molecule has 2 aliphatic rings. The van der Waals surface area contributed by atoms with Crippen LogP contribution in [0.1, 0.15) is 13.9 Å². The number of rotatable bonds is 0. The van der Waals surface area contributed by atoms with E-state index in [0.29, 0.717) is 0 Å². The maximum Gasteiger partial charge on any atom is 0.200 e. The Morgan fingerprint density at radius 2 is 1.19 bits per heavy atom. The van der Waals surface area contributed by atoms with Gasteiger partial charge in [0.05, 0.1) is 12.5 Å². The third-order valence-electron chi connectivity index (χ3n) is 2.38. The van der Waals surface area contributed by atoms with Crippen molar-refractivity contribution < 1.29 is 19.6 Å². The summed E-state index contributed by atoms with van der Waals surface area (Å²) in [4.78, 5) is -0.569. The van der Waals surface area contributed by atoms with Gasteiger partial charge in [-0.1, -0.05) is 0 Å². The van der Waals surface area contributed by atoms with Gasteiger partial charge in [-0.05, 0) is 35.4 Å². The van der Waals surface area contributed by atoms with Crippen molar-refractivity contribution in [2.24, 2.45) is 0 Å². The third-order valence-corrected chi connectivity index (χ3v) is 5.15. The quantitative estimate of drug-likeness (QED) is 0.699. The molecule has 3 rings (SSSR count). The first kappa shape index (κ1) is 7.81. The second-order valence-corrected chi connectivity index (χ2v) is 6.97. The standard InChI is InChI=1S/C10H6O4S2/c11-15(12)3-1-7-5-10-8(6-9(7)15)2-4-16(10,13)14/h1-6H/i5D,6D. The van der Waals surface area contributed by atoms with Crippen molar-refractivity contribution in [1.82, 2.24) is 0 Å². The highest BCUT2D eigenvalue weighted by Gasteiger charge is 2.27. The summed E-state index contributed by atoms with van der Waals surface area (Å²) in [6.45, 7) is 0. The van der Waals surface area contributed by atoms with Gasteiger partial charge in [-0.2, -0.15) is 0 Å². The zero-order valence-electron chi connectivity index (χ0n) is 9.76. The van der Waals surface area contributed by atoms with Crippen LogP contribution < -0.4 is 0 Å². The maximum absolute atomic E-state index is 11.7. The Bertz CT molecular complexity index is 788. The molecule has 0 bridgehead atoms. The Kier molecular flexibility index (Phi) is 1.29. The van der Waals surface area contributed by atoms with E-state index in [1.165, 1.54) is 12.2 Å². The van der Waals surface area contributed by atoms with Crippen LogP contribution >= 0.6 is 0 Å². The van der Waals surface area contributed by atoms with Crippen molar-refractivity contribution in [3.05, 3.63) is 34.0 Å². The summed E-state index contributed by atoms with van der Waals surface area (Å²) in [6.07, 6.45) is 2.33. The molecule has 0 amide bonds. The highest BCUT2D eigenvalue weighted by molar-refractivity contribution is 7.95. The SMILES string of the molecule is [2H]c1c2c(c([2H])c3c1S(=O)(=O)C=C3)S(=O)(=O)C=C2. The molecule has 0 aromatic heterocycles. The molecule has 2 heterocycles. The molecule has 6 heteroatoms. The normalized spacial score (nSPS) is 23.8. The maximum atomic E-state index is 11.7. The lowest BCUT2D eigenvalue weighted by atomic mass is 10.1. The Labute approximate surface area is 95.6 Å². The summed E-state index contributed by atoms with van der Waals surface area (Å²) >= 11 is 0. The van der Waals surface area contributed by atoms with Crippen molar-refractivity contribution >= 4 is 31.8 Å². The first-order valence-electron chi connectivity index (χ1n) is 5.29. The minimum atomic E-state index is -3.73. The van der Waals surface area contributed by atoms with Crippen LogP contribution in [-0.4, -0.2) is 16.8 Å². The van der Waals surface area contributed by atoms with E-state index in [1.807, 2.05) is 0 Å². The second-order valence-electron chi connectivity index (χ2n) is 3.43. The predicted molar refractivity (Wildman–Crippen MR) is 58.9 cm³/mol. The van der Waals surface area contributed by atoms with Crippen LogP contribution in [0, 0.1) is 0 Å². The smallest absolute Gasteiger partial charge is 0.200 e. The Hall–Kier alpha value is -1.40. The van der Waals surface area contributed by atoms with E-state index in [0.717, 1.165) is 10.8 Å². The van der Waals surface area contributed by atoms with Crippen LogP contribution in [0.3, 0.4) is 0 Å². The fourth-order valence-corrected chi connectivity index (χ4v) is 3.89. The minimum absolute atomic E-state index is 0.0222. The number of benzene rings is 1. The van der Waals surface area contributed by atoms with Gasteiger partial charge >= 0.3 is 0 Å². The Balaban J connectivity index is 2.58. The molecule has 0 saturated heterocycles. The van der Waals surface area contributed by atoms with Crippen LogP contribution in [-0.2, 0) is 19.7 Å². The van der Waals surface area contributed by atoms with E-state index in [2.05, 4.69) is 0 Å². The lowest BCUT2D eigenvalue weighted by molar-refractivity contribution is 0.602. The van der Waals surface area contributed by atoms with Gasteiger partial charge in [0.1, 0.15) is 0 Å². The molecule has 0 unspecified atom stereocenters. The summed E-state index contributed by atoms with van der Waals surface area (Å²) in [5, 5.41) is 1.78. The topological polar surface area (TPSA) is 68.3 Å². The van der Waals surface area contributed by atoms with E-state index >= 15 is 0 Å². The van der Waals surface area contributed by atoms with Gasteiger partial charge in [-0.15, -0.1) is 0 Å². The number of hydrogen-bond acceptors (Lipinski definition) is 4.